The molecule has 0 aliphatic carbocycles. The van der Waals surface area contributed by atoms with Crippen LogP contribution in [0.15, 0.2) is 0 Å². The van der Waals surface area contributed by atoms with E-state index in [0.717, 1.165) is 13.1 Å². The third kappa shape index (κ3) is 2.66. The van der Waals surface area contributed by atoms with Gasteiger partial charge in [-0.3, -0.25) is 4.79 Å². The van der Waals surface area contributed by atoms with Crippen molar-refractivity contribution in [2.24, 2.45) is 0 Å². The molecule has 104 valence electrons. The van der Waals surface area contributed by atoms with Gasteiger partial charge in [0, 0.05) is 25.2 Å². The van der Waals surface area contributed by atoms with Crippen LogP contribution >= 0.6 is 0 Å². The minimum atomic E-state index is -1.03. The number of nitrogens with zero attached hydrogens (tertiary/aromatic N) is 2. The molecule has 1 N–H and O–H groups in total. The van der Waals surface area contributed by atoms with E-state index in [1.54, 1.807) is 0 Å². The number of rotatable bonds is 5. The lowest BCUT2D eigenvalue weighted by atomic mass is 9.84. The van der Waals surface area contributed by atoms with Gasteiger partial charge in [-0.25, -0.2) is 4.79 Å². The van der Waals surface area contributed by atoms with Crippen LogP contribution in [-0.2, 0) is 9.59 Å². The number of hydrogen-bond acceptors (Lipinski definition) is 3. The number of carbonyl (C=O) groups excluding carboxylic acids is 1. The first-order valence-corrected chi connectivity index (χ1v) is 6.56. The SMILES string of the molecule is CC(C)N1CCC(C(=O)O)(N(C=O)C(C)C)CC1. The van der Waals surface area contributed by atoms with Gasteiger partial charge in [-0.2, -0.15) is 0 Å². The fourth-order valence-corrected chi connectivity index (χ4v) is 2.71. The Balaban J connectivity index is 2.91. The van der Waals surface area contributed by atoms with Crippen LogP contribution in [0.25, 0.3) is 0 Å². The van der Waals surface area contributed by atoms with Gasteiger partial charge < -0.3 is 14.9 Å². The van der Waals surface area contributed by atoms with Crippen molar-refractivity contribution >= 4 is 12.4 Å². The molecule has 0 bridgehead atoms. The normalized spacial score (nSPS) is 20.1. The van der Waals surface area contributed by atoms with Crippen LogP contribution in [-0.4, -0.2) is 58.0 Å². The fourth-order valence-electron chi connectivity index (χ4n) is 2.71. The number of piperidine rings is 1. The van der Waals surface area contributed by atoms with E-state index >= 15 is 0 Å². The van der Waals surface area contributed by atoms with E-state index in [2.05, 4.69) is 18.7 Å². The fraction of sp³-hybridized carbons (Fsp3) is 0.846. The number of carbonyl (C=O) groups is 2. The third-order valence-electron chi connectivity index (χ3n) is 3.92. The summed E-state index contributed by atoms with van der Waals surface area (Å²) in [6.45, 7) is 9.37. The topological polar surface area (TPSA) is 60.9 Å². The maximum Gasteiger partial charge on any atom is 0.329 e. The Morgan fingerprint density at radius 3 is 2.06 bits per heavy atom. The number of hydrogen-bond donors (Lipinski definition) is 1. The maximum absolute atomic E-state index is 11.6. The van der Waals surface area contributed by atoms with E-state index in [0.29, 0.717) is 25.3 Å². The molecule has 5 nitrogen and oxygen atoms in total. The predicted octanol–water partition coefficient (Wildman–Crippen LogP) is 1.18. The second kappa shape index (κ2) is 5.69. The molecule has 1 aliphatic rings. The first kappa shape index (κ1) is 15.0. The van der Waals surface area contributed by atoms with Gasteiger partial charge in [0.15, 0.2) is 0 Å². The van der Waals surface area contributed by atoms with Crippen LogP contribution in [0.4, 0.5) is 0 Å². The number of amides is 1. The molecule has 0 aromatic carbocycles. The van der Waals surface area contributed by atoms with Gasteiger partial charge in [0.05, 0.1) is 0 Å². The summed E-state index contributed by atoms with van der Waals surface area (Å²) in [6, 6.07) is 0.324. The molecule has 1 aliphatic heterocycles. The molecule has 0 atom stereocenters. The Morgan fingerprint density at radius 2 is 1.78 bits per heavy atom. The molecule has 0 radical (unpaired) electrons. The Bertz CT molecular complexity index is 307. The number of aliphatic carboxylic acids is 1. The van der Waals surface area contributed by atoms with E-state index < -0.39 is 11.5 Å². The largest absolute Gasteiger partial charge is 0.479 e. The smallest absolute Gasteiger partial charge is 0.329 e. The zero-order valence-electron chi connectivity index (χ0n) is 11.7. The summed E-state index contributed by atoms with van der Waals surface area (Å²) in [6.07, 6.45) is 1.68. The van der Waals surface area contributed by atoms with E-state index in [-0.39, 0.29) is 6.04 Å². The molecule has 0 unspecified atom stereocenters. The Morgan fingerprint density at radius 1 is 1.28 bits per heavy atom. The van der Waals surface area contributed by atoms with Crippen molar-refractivity contribution in [1.29, 1.82) is 0 Å². The quantitative estimate of drug-likeness (QED) is 0.750. The molecular formula is C13H24N2O3. The summed E-state index contributed by atoms with van der Waals surface area (Å²) in [5.41, 5.74) is -1.03. The summed E-state index contributed by atoms with van der Waals surface area (Å²) in [4.78, 5) is 26.6. The van der Waals surface area contributed by atoms with E-state index in [9.17, 15) is 14.7 Å². The van der Waals surface area contributed by atoms with Crippen LogP contribution in [0.1, 0.15) is 40.5 Å². The minimum absolute atomic E-state index is 0.0933. The Kier molecular flexibility index (Phi) is 4.73. The monoisotopic (exact) mass is 256 g/mol. The van der Waals surface area contributed by atoms with Gasteiger partial charge >= 0.3 is 5.97 Å². The third-order valence-corrected chi connectivity index (χ3v) is 3.92. The van der Waals surface area contributed by atoms with Crippen molar-refractivity contribution in [3.8, 4) is 0 Å². The van der Waals surface area contributed by atoms with Crippen molar-refractivity contribution in [3.05, 3.63) is 0 Å². The molecule has 0 aromatic rings. The second-order valence-corrected chi connectivity index (χ2v) is 5.57. The molecule has 1 amide bonds. The van der Waals surface area contributed by atoms with Crippen LogP contribution in [0.3, 0.4) is 0 Å². The van der Waals surface area contributed by atoms with Crippen LogP contribution in [0.5, 0.6) is 0 Å². The van der Waals surface area contributed by atoms with E-state index in [4.69, 9.17) is 0 Å². The highest BCUT2D eigenvalue weighted by atomic mass is 16.4. The second-order valence-electron chi connectivity index (χ2n) is 5.57. The first-order valence-electron chi connectivity index (χ1n) is 6.56. The van der Waals surface area contributed by atoms with Crippen molar-refractivity contribution in [2.75, 3.05) is 13.1 Å². The van der Waals surface area contributed by atoms with Gasteiger partial charge in [0.25, 0.3) is 0 Å². The lowest BCUT2D eigenvalue weighted by molar-refractivity contribution is -0.161. The van der Waals surface area contributed by atoms with Gasteiger partial charge in [0.1, 0.15) is 5.54 Å². The molecular weight excluding hydrogens is 232 g/mol. The van der Waals surface area contributed by atoms with Gasteiger partial charge in [0.2, 0.25) is 6.41 Å². The first-order chi connectivity index (χ1) is 8.35. The summed E-state index contributed by atoms with van der Waals surface area (Å²) in [5.74, 6) is -0.883. The molecule has 18 heavy (non-hydrogen) atoms. The zero-order chi connectivity index (χ0) is 13.9. The van der Waals surface area contributed by atoms with Crippen molar-refractivity contribution in [1.82, 2.24) is 9.80 Å². The summed E-state index contributed by atoms with van der Waals surface area (Å²) >= 11 is 0. The van der Waals surface area contributed by atoms with Gasteiger partial charge in [-0.1, -0.05) is 0 Å². The number of carboxylic acids is 1. The lowest BCUT2D eigenvalue weighted by Crippen LogP contribution is -2.62. The Hall–Kier alpha value is -1.10. The average Bonchev–Trinajstić information content (AvgIpc) is 2.29. The van der Waals surface area contributed by atoms with E-state index in [1.807, 2.05) is 13.8 Å². The minimum Gasteiger partial charge on any atom is -0.479 e. The molecule has 1 fully saturated rings. The van der Waals surface area contributed by atoms with Gasteiger partial charge in [-0.15, -0.1) is 0 Å². The highest BCUT2D eigenvalue weighted by Gasteiger charge is 2.47. The molecule has 5 heteroatoms. The summed E-state index contributed by atoms with van der Waals surface area (Å²) in [7, 11) is 0. The lowest BCUT2D eigenvalue weighted by Gasteiger charge is -2.46. The van der Waals surface area contributed by atoms with E-state index in [1.165, 1.54) is 4.90 Å². The number of carboxylic acid groups (broad SMARTS) is 1. The average molecular weight is 256 g/mol. The predicted molar refractivity (Wildman–Crippen MR) is 69.3 cm³/mol. The molecule has 0 spiro atoms. The zero-order valence-corrected chi connectivity index (χ0v) is 11.7. The van der Waals surface area contributed by atoms with Crippen LogP contribution < -0.4 is 0 Å². The molecule has 1 saturated heterocycles. The highest BCUT2D eigenvalue weighted by Crippen LogP contribution is 2.30. The Labute approximate surface area is 109 Å². The van der Waals surface area contributed by atoms with Crippen molar-refractivity contribution in [2.45, 2.75) is 58.2 Å². The molecule has 1 heterocycles. The summed E-state index contributed by atoms with van der Waals surface area (Å²) < 4.78 is 0. The molecule has 1 rings (SSSR count). The van der Waals surface area contributed by atoms with Crippen molar-refractivity contribution < 1.29 is 14.7 Å². The standard InChI is InChI=1S/C13H24N2O3/c1-10(2)14-7-5-13(6-8-14,12(17)18)15(9-16)11(3)4/h9-11H,5-8H2,1-4H3,(H,17,18). The molecule has 0 saturated carbocycles. The number of likely N-dealkylation sites (tertiary alicyclic amines) is 1. The highest BCUT2D eigenvalue weighted by molar-refractivity contribution is 5.81. The maximum atomic E-state index is 11.6. The molecule has 0 aromatic heterocycles. The van der Waals surface area contributed by atoms with Crippen LogP contribution in [0, 0.1) is 0 Å². The summed E-state index contributed by atoms with van der Waals surface area (Å²) in [5, 5.41) is 9.54. The van der Waals surface area contributed by atoms with Crippen LogP contribution in [0.2, 0.25) is 0 Å². The van der Waals surface area contributed by atoms with Gasteiger partial charge in [-0.05, 0) is 40.5 Å². The van der Waals surface area contributed by atoms with Crippen molar-refractivity contribution in [3.63, 3.8) is 0 Å².